The number of carbonyl (C=O) groups excluding carboxylic acids is 4. The van der Waals surface area contributed by atoms with Gasteiger partial charge in [-0.2, -0.15) is 0 Å². The largest absolute Gasteiger partial charge is 0.466 e. The van der Waals surface area contributed by atoms with E-state index in [1.165, 1.54) is 13.0 Å². The summed E-state index contributed by atoms with van der Waals surface area (Å²) < 4.78 is 21.4. The monoisotopic (exact) mass is 484 g/mol. The molecule has 0 saturated carbocycles. The van der Waals surface area contributed by atoms with Crippen LogP contribution < -0.4 is 0 Å². The molecule has 10 heteroatoms. The third kappa shape index (κ3) is 5.83. The van der Waals surface area contributed by atoms with E-state index in [1.54, 1.807) is 6.08 Å². The van der Waals surface area contributed by atoms with E-state index >= 15 is 0 Å². The van der Waals surface area contributed by atoms with E-state index in [4.69, 9.17) is 30.5 Å². The van der Waals surface area contributed by atoms with Gasteiger partial charge in [-0.3, -0.25) is 4.79 Å². The number of aliphatic hydroxyl groups is 1. The Kier molecular flexibility index (Phi) is 8.48. The van der Waals surface area contributed by atoms with Gasteiger partial charge in [-0.05, 0) is 39.7 Å². The molecule has 0 amide bonds. The lowest BCUT2D eigenvalue weighted by molar-refractivity contribution is -0.183. The van der Waals surface area contributed by atoms with E-state index in [0.717, 1.165) is 26.5 Å². The van der Waals surface area contributed by atoms with Crippen LogP contribution in [0, 0.1) is 5.92 Å². The molecule has 2 rings (SSSR count). The second kappa shape index (κ2) is 10.5. The highest BCUT2D eigenvalue weighted by Crippen LogP contribution is 2.38. The highest BCUT2D eigenvalue weighted by molar-refractivity contribution is 6.22. The smallest absolute Gasteiger partial charge is 0.339 e. The molecular formula is C23H29ClO9. The van der Waals surface area contributed by atoms with Gasteiger partial charge in [0.1, 0.15) is 6.10 Å². The number of rotatable bonds is 5. The molecule has 33 heavy (non-hydrogen) atoms. The SMILES string of the molecule is C=C1C(=O)O[C@@H]2/C=C(\C)CC/C=C(\C(=O)OC)[C@H](OC(C)=O)[C@@H](OC(=O)[C@](C)(O)[C@H](C)Cl)[C@@H]12. The molecule has 1 N–H and O–H groups in total. The highest BCUT2D eigenvalue weighted by Gasteiger charge is 2.52. The van der Waals surface area contributed by atoms with Gasteiger partial charge < -0.3 is 24.1 Å². The Bertz CT molecular complexity index is 900. The maximum absolute atomic E-state index is 12.9. The molecule has 0 spiro atoms. The molecule has 1 saturated heterocycles. The van der Waals surface area contributed by atoms with Crippen molar-refractivity contribution in [2.24, 2.45) is 5.92 Å². The zero-order chi connectivity index (χ0) is 25.1. The van der Waals surface area contributed by atoms with Crippen LogP contribution in [0.1, 0.15) is 40.5 Å². The Hall–Kier alpha value is -2.65. The minimum Gasteiger partial charge on any atom is -0.466 e. The maximum atomic E-state index is 12.9. The van der Waals surface area contributed by atoms with Gasteiger partial charge in [0, 0.05) is 12.5 Å². The van der Waals surface area contributed by atoms with Gasteiger partial charge in [0.2, 0.25) is 0 Å². The average molecular weight is 485 g/mol. The summed E-state index contributed by atoms with van der Waals surface area (Å²) in [7, 11) is 1.16. The Morgan fingerprint density at radius 2 is 1.97 bits per heavy atom. The van der Waals surface area contributed by atoms with Crippen LogP contribution >= 0.6 is 11.6 Å². The van der Waals surface area contributed by atoms with E-state index in [0.29, 0.717) is 12.8 Å². The zero-order valence-corrected chi connectivity index (χ0v) is 20.0. The lowest BCUT2D eigenvalue weighted by Gasteiger charge is -2.35. The summed E-state index contributed by atoms with van der Waals surface area (Å²) in [5.74, 6) is -4.47. The molecule has 1 aliphatic heterocycles. The summed E-state index contributed by atoms with van der Waals surface area (Å²) in [5.41, 5.74) is -1.39. The fraction of sp³-hybridized carbons (Fsp3) is 0.565. The van der Waals surface area contributed by atoms with E-state index in [9.17, 15) is 24.3 Å². The summed E-state index contributed by atoms with van der Waals surface area (Å²) in [5, 5.41) is 9.51. The number of halogens is 1. The van der Waals surface area contributed by atoms with Gasteiger partial charge in [-0.25, -0.2) is 14.4 Å². The number of hydrogen-bond acceptors (Lipinski definition) is 9. The molecule has 0 aromatic carbocycles. The Morgan fingerprint density at radius 3 is 2.52 bits per heavy atom. The zero-order valence-electron chi connectivity index (χ0n) is 19.3. The predicted octanol–water partition coefficient (Wildman–Crippen LogP) is 2.15. The van der Waals surface area contributed by atoms with Crippen LogP contribution in [0.3, 0.4) is 0 Å². The topological polar surface area (TPSA) is 125 Å². The number of fused-ring (bicyclic) bond motifs is 1. The van der Waals surface area contributed by atoms with Crippen LogP contribution in [0.4, 0.5) is 0 Å². The van der Waals surface area contributed by atoms with Crippen LogP contribution in [-0.2, 0) is 38.1 Å². The molecule has 182 valence electrons. The molecule has 1 heterocycles. The minimum absolute atomic E-state index is 0.0395. The second-order valence-corrected chi connectivity index (χ2v) is 8.94. The van der Waals surface area contributed by atoms with Crippen LogP contribution in [-0.4, -0.2) is 65.4 Å². The number of hydrogen-bond donors (Lipinski definition) is 1. The van der Waals surface area contributed by atoms with Gasteiger partial charge in [0.05, 0.1) is 24.0 Å². The molecule has 0 bridgehead atoms. The Morgan fingerprint density at radius 1 is 1.33 bits per heavy atom. The van der Waals surface area contributed by atoms with Crippen LogP contribution in [0.5, 0.6) is 0 Å². The lowest BCUT2D eigenvalue weighted by Crippen LogP contribution is -2.51. The number of alkyl halides is 1. The third-order valence-electron chi connectivity index (χ3n) is 5.72. The lowest BCUT2D eigenvalue weighted by atomic mass is 9.83. The van der Waals surface area contributed by atoms with Gasteiger partial charge in [-0.1, -0.05) is 18.2 Å². The van der Waals surface area contributed by atoms with Crippen molar-refractivity contribution in [3.8, 4) is 0 Å². The van der Waals surface area contributed by atoms with Crippen molar-refractivity contribution in [3.05, 3.63) is 35.5 Å². The van der Waals surface area contributed by atoms with Crippen molar-refractivity contribution in [1.82, 2.24) is 0 Å². The number of esters is 4. The first kappa shape index (κ1) is 26.6. The highest BCUT2D eigenvalue weighted by atomic mass is 35.5. The van der Waals surface area contributed by atoms with Gasteiger partial charge in [0.25, 0.3) is 0 Å². The van der Waals surface area contributed by atoms with Crippen molar-refractivity contribution in [2.75, 3.05) is 7.11 Å². The molecule has 0 unspecified atom stereocenters. The van der Waals surface area contributed by atoms with Crippen LogP contribution in [0.15, 0.2) is 35.5 Å². The van der Waals surface area contributed by atoms with E-state index in [1.807, 2.05) is 6.92 Å². The van der Waals surface area contributed by atoms with E-state index in [-0.39, 0.29) is 11.1 Å². The summed E-state index contributed by atoms with van der Waals surface area (Å²) in [6.45, 7) is 9.28. The van der Waals surface area contributed by atoms with Gasteiger partial charge in [-0.15, -0.1) is 11.6 Å². The number of carbonyl (C=O) groups is 4. The fourth-order valence-corrected chi connectivity index (χ4v) is 3.69. The van der Waals surface area contributed by atoms with Crippen molar-refractivity contribution in [3.63, 3.8) is 0 Å². The molecule has 0 aromatic rings. The summed E-state index contributed by atoms with van der Waals surface area (Å²) in [6, 6.07) is 0. The summed E-state index contributed by atoms with van der Waals surface area (Å²) in [4.78, 5) is 50.0. The van der Waals surface area contributed by atoms with Crippen LogP contribution in [0.2, 0.25) is 0 Å². The molecule has 1 fully saturated rings. The molecule has 0 aromatic heterocycles. The summed E-state index contributed by atoms with van der Waals surface area (Å²) in [6.07, 6.45) is 0.283. The standard InChI is InChI=1S/C23H29ClO9/c1-11-8-7-9-15(21(27)30-6)18(31-14(4)25)19(33-22(28)23(5,29)13(3)24)17-12(2)20(26)32-16(17)10-11/h9-10,13,16-19,29H,2,7-8H2,1,3-6H3/b11-10+,15-9-/t13-,16+,17-,18-,19-,23+/m0/s1. The molecule has 9 nitrogen and oxygen atoms in total. The van der Waals surface area contributed by atoms with Crippen molar-refractivity contribution in [1.29, 1.82) is 0 Å². The summed E-state index contributed by atoms with van der Waals surface area (Å²) >= 11 is 5.96. The first-order valence-corrected chi connectivity index (χ1v) is 10.8. The minimum atomic E-state index is -2.13. The third-order valence-corrected chi connectivity index (χ3v) is 6.14. The fourth-order valence-electron chi connectivity index (χ4n) is 3.60. The predicted molar refractivity (Wildman–Crippen MR) is 117 cm³/mol. The van der Waals surface area contributed by atoms with E-state index < -0.39 is 59.1 Å². The number of ether oxygens (including phenoxy) is 4. The molecule has 0 radical (unpaired) electrons. The Balaban J connectivity index is 2.72. The van der Waals surface area contributed by atoms with Gasteiger partial charge in [0.15, 0.2) is 17.8 Å². The first-order valence-electron chi connectivity index (χ1n) is 10.4. The average Bonchev–Trinajstić information content (AvgIpc) is 2.99. The Labute approximate surface area is 197 Å². The quantitative estimate of drug-likeness (QED) is 0.205. The second-order valence-electron chi connectivity index (χ2n) is 8.29. The van der Waals surface area contributed by atoms with Crippen molar-refractivity contribution in [2.45, 2.75) is 69.8 Å². The van der Waals surface area contributed by atoms with Gasteiger partial charge >= 0.3 is 23.9 Å². The van der Waals surface area contributed by atoms with Crippen LogP contribution in [0.25, 0.3) is 0 Å². The van der Waals surface area contributed by atoms with E-state index in [2.05, 4.69) is 6.58 Å². The molecular weight excluding hydrogens is 456 g/mol. The van der Waals surface area contributed by atoms with Crippen molar-refractivity contribution < 1.29 is 43.2 Å². The molecule has 6 atom stereocenters. The number of allylic oxidation sites excluding steroid dienone is 2. The first-order chi connectivity index (χ1) is 15.3. The number of methoxy groups -OCH3 is 1. The molecule has 1 aliphatic carbocycles. The normalized spacial score (nSPS) is 31.4. The maximum Gasteiger partial charge on any atom is 0.339 e. The molecule has 2 aliphatic rings. The van der Waals surface area contributed by atoms with Crippen molar-refractivity contribution >= 4 is 35.5 Å².